The third kappa shape index (κ3) is 4.71. The average molecular weight is 420 g/mol. The maximum atomic E-state index is 12.5. The van der Waals surface area contributed by atoms with Gasteiger partial charge in [-0.2, -0.15) is 0 Å². The fourth-order valence-electron chi connectivity index (χ4n) is 4.32. The van der Waals surface area contributed by atoms with Crippen LogP contribution in [-0.2, 0) is 16.0 Å². The van der Waals surface area contributed by atoms with Gasteiger partial charge in [0.25, 0.3) is 0 Å². The average Bonchev–Trinajstić information content (AvgIpc) is 3.10. The summed E-state index contributed by atoms with van der Waals surface area (Å²) in [6.07, 6.45) is 2.58. The van der Waals surface area contributed by atoms with E-state index >= 15 is 0 Å². The first-order valence-electron chi connectivity index (χ1n) is 10.1. The Labute approximate surface area is 174 Å². The normalized spacial score (nSPS) is 25.7. The number of carbonyl (C=O) groups excluding carboxylic acids is 2. The van der Waals surface area contributed by atoms with Crippen LogP contribution in [0.4, 0.5) is 0 Å². The van der Waals surface area contributed by atoms with E-state index in [4.69, 9.17) is 11.6 Å². The highest BCUT2D eigenvalue weighted by Gasteiger charge is 2.37. The molecule has 8 nitrogen and oxygen atoms in total. The molecule has 2 fully saturated rings. The monoisotopic (exact) mass is 419 g/mol. The largest absolute Gasteiger partial charge is 0.389 e. The van der Waals surface area contributed by atoms with Crippen LogP contribution < -0.4 is 10.6 Å². The second kappa shape index (κ2) is 8.69. The van der Waals surface area contributed by atoms with E-state index in [1.165, 1.54) is 0 Å². The van der Waals surface area contributed by atoms with Crippen molar-refractivity contribution < 1.29 is 14.7 Å². The van der Waals surface area contributed by atoms with Crippen LogP contribution in [0, 0.1) is 0 Å². The lowest BCUT2D eigenvalue weighted by Gasteiger charge is -2.42. The number of piperazine rings is 1. The summed E-state index contributed by atoms with van der Waals surface area (Å²) in [5, 5.41) is 17.2. The number of hydrogen-bond acceptors (Lipinski definition) is 5. The first-order chi connectivity index (χ1) is 14.0. The molecule has 4 N–H and O–H groups in total. The number of nitrogens with zero attached hydrogens (tertiary/aromatic N) is 2. The topological polar surface area (TPSA) is 110 Å². The molecule has 0 spiro atoms. The van der Waals surface area contributed by atoms with E-state index in [2.05, 4.69) is 20.6 Å². The molecule has 1 aromatic carbocycles. The van der Waals surface area contributed by atoms with Gasteiger partial charge in [-0.3, -0.25) is 14.5 Å². The summed E-state index contributed by atoms with van der Waals surface area (Å²) in [6.45, 7) is 1.63. The minimum Gasteiger partial charge on any atom is -0.389 e. The molecule has 9 heteroatoms. The van der Waals surface area contributed by atoms with Gasteiger partial charge in [0.1, 0.15) is 5.82 Å². The number of aliphatic hydroxyl groups is 1. The Kier molecular flexibility index (Phi) is 6.03. The SMILES string of the molecule is O=C1CN([C@@H]2CCC[C@@H](NC(=O)CCc3nc4ccc(Cl)cc4[nH]3)[C@H]2O)CCN1. The number of imidazole rings is 1. The fourth-order valence-corrected chi connectivity index (χ4v) is 4.49. The van der Waals surface area contributed by atoms with Crippen molar-refractivity contribution in [2.45, 2.75) is 50.3 Å². The Morgan fingerprint density at radius 1 is 1.38 bits per heavy atom. The van der Waals surface area contributed by atoms with Gasteiger partial charge < -0.3 is 20.7 Å². The molecular weight excluding hydrogens is 394 g/mol. The van der Waals surface area contributed by atoms with Gasteiger partial charge in [-0.25, -0.2) is 4.98 Å². The minimum absolute atomic E-state index is 0.0123. The van der Waals surface area contributed by atoms with Gasteiger partial charge in [0.2, 0.25) is 11.8 Å². The number of hydrogen-bond donors (Lipinski definition) is 4. The number of aromatic amines is 1. The highest BCUT2D eigenvalue weighted by Crippen LogP contribution is 2.24. The number of aliphatic hydroxyl groups excluding tert-OH is 1. The van der Waals surface area contributed by atoms with E-state index in [0.717, 1.165) is 42.7 Å². The molecule has 2 aromatic rings. The Morgan fingerprint density at radius 3 is 3.07 bits per heavy atom. The summed E-state index contributed by atoms with van der Waals surface area (Å²) in [4.78, 5) is 33.8. The zero-order valence-corrected chi connectivity index (χ0v) is 16.9. The van der Waals surface area contributed by atoms with Crippen molar-refractivity contribution in [2.24, 2.45) is 0 Å². The third-order valence-corrected chi connectivity index (χ3v) is 6.02. The fraction of sp³-hybridized carbons (Fsp3) is 0.550. The van der Waals surface area contributed by atoms with Crippen LogP contribution in [0.25, 0.3) is 11.0 Å². The molecule has 0 bridgehead atoms. The Balaban J connectivity index is 1.31. The smallest absolute Gasteiger partial charge is 0.234 e. The van der Waals surface area contributed by atoms with Crippen LogP contribution in [0.3, 0.4) is 0 Å². The van der Waals surface area contributed by atoms with E-state index < -0.39 is 6.10 Å². The van der Waals surface area contributed by atoms with Crippen LogP contribution in [0.5, 0.6) is 0 Å². The number of halogens is 1. The van der Waals surface area contributed by atoms with Crippen LogP contribution in [-0.4, -0.2) is 69.6 Å². The maximum absolute atomic E-state index is 12.5. The molecule has 2 amide bonds. The molecule has 1 saturated heterocycles. The molecule has 4 rings (SSSR count). The predicted octanol–water partition coefficient (Wildman–Crippen LogP) is 0.979. The van der Waals surface area contributed by atoms with E-state index in [9.17, 15) is 14.7 Å². The second-order valence-electron chi connectivity index (χ2n) is 7.83. The molecular formula is C20H26ClN5O3. The van der Waals surface area contributed by atoms with Gasteiger partial charge in [0, 0.05) is 37.0 Å². The van der Waals surface area contributed by atoms with Gasteiger partial charge in [-0.1, -0.05) is 11.6 Å². The first kappa shape index (κ1) is 20.1. The lowest BCUT2D eigenvalue weighted by molar-refractivity contribution is -0.128. The molecule has 0 radical (unpaired) electrons. The molecule has 1 saturated carbocycles. The van der Waals surface area contributed by atoms with Crippen molar-refractivity contribution in [2.75, 3.05) is 19.6 Å². The van der Waals surface area contributed by atoms with Crippen molar-refractivity contribution >= 4 is 34.4 Å². The van der Waals surface area contributed by atoms with Crippen molar-refractivity contribution in [3.63, 3.8) is 0 Å². The number of aryl methyl sites for hydroxylation is 1. The number of H-pyrrole nitrogens is 1. The summed E-state index contributed by atoms with van der Waals surface area (Å²) in [5.74, 6) is 0.616. The number of aromatic nitrogens is 2. The van der Waals surface area contributed by atoms with Gasteiger partial charge in [0.05, 0.1) is 29.7 Å². The number of fused-ring (bicyclic) bond motifs is 1. The van der Waals surface area contributed by atoms with Crippen molar-refractivity contribution in [1.82, 2.24) is 25.5 Å². The molecule has 2 heterocycles. The Morgan fingerprint density at radius 2 is 2.24 bits per heavy atom. The molecule has 1 aliphatic heterocycles. The minimum atomic E-state index is -0.674. The Hall–Kier alpha value is -2.16. The summed E-state index contributed by atoms with van der Waals surface area (Å²) in [5.41, 5.74) is 1.67. The van der Waals surface area contributed by atoms with Crippen molar-refractivity contribution in [1.29, 1.82) is 0 Å². The van der Waals surface area contributed by atoms with Gasteiger partial charge in [-0.15, -0.1) is 0 Å². The molecule has 0 unspecified atom stereocenters. The van der Waals surface area contributed by atoms with Crippen LogP contribution in [0.1, 0.15) is 31.5 Å². The van der Waals surface area contributed by atoms with Crippen LogP contribution in [0.15, 0.2) is 18.2 Å². The molecule has 3 atom stereocenters. The molecule has 156 valence electrons. The lowest BCUT2D eigenvalue weighted by Crippen LogP contribution is -2.60. The van der Waals surface area contributed by atoms with E-state index in [1.807, 2.05) is 17.0 Å². The van der Waals surface area contributed by atoms with E-state index in [-0.39, 0.29) is 30.3 Å². The third-order valence-electron chi connectivity index (χ3n) is 5.79. The number of carbonyl (C=O) groups is 2. The van der Waals surface area contributed by atoms with E-state index in [1.54, 1.807) is 6.07 Å². The molecule has 29 heavy (non-hydrogen) atoms. The summed E-state index contributed by atoms with van der Waals surface area (Å²) in [6, 6.07) is 5.05. The van der Waals surface area contributed by atoms with Gasteiger partial charge in [0.15, 0.2) is 0 Å². The summed E-state index contributed by atoms with van der Waals surface area (Å²) >= 11 is 5.99. The number of nitrogens with one attached hydrogen (secondary N) is 3. The number of rotatable bonds is 5. The zero-order valence-electron chi connectivity index (χ0n) is 16.2. The highest BCUT2D eigenvalue weighted by molar-refractivity contribution is 6.31. The standard InChI is InChI=1S/C20H26ClN5O3/c21-12-4-5-13-15(10-12)24-17(23-13)6-7-18(27)25-14-2-1-3-16(20(14)29)26-9-8-22-19(28)11-26/h4-5,10,14,16,20,29H,1-3,6-9,11H2,(H,22,28)(H,23,24)(H,25,27)/t14-,16-,20-/m1/s1. The van der Waals surface area contributed by atoms with Crippen molar-refractivity contribution in [3.05, 3.63) is 29.0 Å². The predicted molar refractivity (Wildman–Crippen MR) is 110 cm³/mol. The van der Waals surface area contributed by atoms with Crippen LogP contribution >= 0.6 is 11.6 Å². The number of benzene rings is 1. The molecule has 1 aromatic heterocycles. The molecule has 1 aliphatic carbocycles. The highest BCUT2D eigenvalue weighted by atomic mass is 35.5. The molecule has 2 aliphatic rings. The summed E-state index contributed by atoms with van der Waals surface area (Å²) < 4.78 is 0. The van der Waals surface area contributed by atoms with Crippen molar-refractivity contribution in [3.8, 4) is 0 Å². The zero-order chi connectivity index (χ0) is 20.4. The first-order valence-corrected chi connectivity index (χ1v) is 10.5. The Bertz CT molecular complexity index is 901. The van der Waals surface area contributed by atoms with Gasteiger partial charge in [-0.05, 0) is 37.5 Å². The quantitative estimate of drug-likeness (QED) is 0.577. The van der Waals surface area contributed by atoms with Crippen LogP contribution in [0.2, 0.25) is 5.02 Å². The van der Waals surface area contributed by atoms with E-state index in [0.29, 0.717) is 24.5 Å². The number of amides is 2. The summed E-state index contributed by atoms with van der Waals surface area (Å²) in [7, 11) is 0. The van der Waals surface area contributed by atoms with Gasteiger partial charge >= 0.3 is 0 Å². The lowest BCUT2D eigenvalue weighted by atomic mass is 9.86. The maximum Gasteiger partial charge on any atom is 0.234 e. The second-order valence-corrected chi connectivity index (χ2v) is 8.26.